The van der Waals surface area contributed by atoms with Gasteiger partial charge in [-0.15, -0.1) is 10.2 Å². The average Bonchev–Trinajstić information content (AvgIpc) is 3.10. The molecule has 0 atom stereocenters. The number of hydrogen-bond acceptors (Lipinski definition) is 4. The lowest BCUT2D eigenvalue weighted by molar-refractivity contribution is -0.136. The molecule has 2 amide bonds. The Balaban J connectivity index is 1.50. The molecule has 0 fully saturated rings. The van der Waals surface area contributed by atoms with Crippen molar-refractivity contribution in [3.05, 3.63) is 64.6 Å². The predicted molar refractivity (Wildman–Crippen MR) is 103 cm³/mol. The number of benzene rings is 1. The van der Waals surface area contributed by atoms with Crippen LogP contribution in [0.2, 0.25) is 5.02 Å². The molecule has 2 heterocycles. The minimum Gasteiger partial charge on any atom is -0.356 e. The molecule has 0 saturated heterocycles. The van der Waals surface area contributed by atoms with Crippen molar-refractivity contribution in [2.45, 2.75) is 19.0 Å². The third kappa shape index (κ3) is 5.26. The number of halogens is 4. The summed E-state index contributed by atoms with van der Waals surface area (Å²) in [6.45, 7) is 0.290. The van der Waals surface area contributed by atoms with Crippen LogP contribution in [-0.4, -0.2) is 39.5 Å². The van der Waals surface area contributed by atoms with Crippen LogP contribution >= 0.6 is 11.6 Å². The summed E-state index contributed by atoms with van der Waals surface area (Å²) in [5, 5.41) is 12.5. The Morgan fingerprint density at radius 1 is 1.07 bits per heavy atom. The van der Waals surface area contributed by atoms with Gasteiger partial charge in [-0.2, -0.15) is 13.2 Å². The second kappa shape index (κ2) is 9.12. The molecule has 11 heteroatoms. The smallest absolute Gasteiger partial charge is 0.356 e. The largest absolute Gasteiger partial charge is 0.420 e. The molecule has 0 radical (unpaired) electrons. The number of fused-ring (bicyclic) bond motifs is 1. The minimum absolute atomic E-state index is 0.0587. The maximum Gasteiger partial charge on any atom is 0.420 e. The first-order valence-corrected chi connectivity index (χ1v) is 9.34. The Morgan fingerprint density at radius 3 is 2.50 bits per heavy atom. The Hall–Kier alpha value is -3.14. The van der Waals surface area contributed by atoms with Crippen molar-refractivity contribution in [1.29, 1.82) is 0 Å². The molecule has 0 bridgehead atoms. The zero-order chi connectivity index (χ0) is 21.7. The highest BCUT2D eigenvalue weighted by molar-refractivity contribution is 6.30. The van der Waals surface area contributed by atoms with Crippen LogP contribution in [0.5, 0.6) is 0 Å². The van der Waals surface area contributed by atoms with Crippen LogP contribution in [0.15, 0.2) is 42.6 Å². The Labute approximate surface area is 174 Å². The van der Waals surface area contributed by atoms with Crippen molar-refractivity contribution in [2.75, 3.05) is 13.1 Å². The van der Waals surface area contributed by atoms with E-state index in [1.807, 2.05) is 0 Å². The summed E-state index contributed by atoms with van der Waals surface area (Å²) in [6.07, 6.45) is -3.11. The van der Waals surface area contributed by atoms with Crippen molar-refractivity contribution < 1.29 is 22.8 Å². The number of hydrogen-bond donors (Lipinski definition) is 2. The fraction of sp³-hybridized carbons (Fsp3) is 0.263. The van der Waals surface area contributed by atoms with Crippen molar-refractivity contribution in [1.82, 2.24) is 25.2 Å². The highest BCUT2D eigenvalue weighted by Crippen LogP contribution is 2.33. The number of carbonyl (C=O) groups excluding carboxylic acids is 2. The molecule has 3 aromatic rings. The summed E-state index contributed by atoms with van der Waals surface area (Å²) in [5.74, 6) is -0.363. The molecular formula is C19H17ClF3N5O2. The molecule has 0 saturated carbocycles. The number of carbonyl (C=O) groups is 2. The third-order valence-corrected chi connectivity index (χ3v) is 4.40. The second-order valence-electron chi connectivity index (χ2n) is 6.35. The monoisotopic (exact) mass is 439 g/mol. The number of rotatable bonds is 7. The van der Waals surface area contributed by atoms with E-state index in [2.05, 4.69) is 20.8 Å². The normalized spacial score (nSPS) is 11.5. The van der Waals surface area contributed by atoms with Gasteiger partial charge in [0, 0.05) is 37.7 Å². The summed E-state index contributed by atoms with van der Waals surface area (Å²) in [7, 11) is 0. The standard InChI is InChI=1S/C19H17ClF3N5O2/c20-13-10-14(19(21,22)23)17-27-26-15(28(17)11-13)6-8-24-16(29)7-9-25-18(30)12-4-2-1-3-5-12/h1-5,10-11H,6-9H2,(H,24,29)(H,25,30). The number of amides is 2. The molecule has 1 aromatic carbocycles. The topological polar surface area (TPSA) is 88.4 Å². The van der Waals surface area contributed by atoms with Gasteiger partial charge in [-0.25, -0.2) is 0 Å². The second-order valence-corrected chi connectivity index (χ2v) is 6.79. The molecule has 158 valence electrons. The lowest BCUT2D eigenvalue weighted by atomic mass is 10.2. The Morgan fingerprint density at radius 2 is 1.80 bits per heavy atom. The van der Waals surface area contributed by atoms with E-state index in [0.29, 0.717) is 5.56 Å². The molecule has 0 aliphatic carbocycles. The molecular weight excluding hydrogens is 423 g/mol. The van der Waals surface area contributed by atoms with Gasteiger partial charge in [-0.1, -0.05) is 29.8 Å². The van der Waals surface area contributed by atoms with E-state index in [1.165, 1.54) is 6.20 Å². The van der Waals surface area contributed by atoms with Gasteiger partial charge >= 0.3 is 6.18 Å². The van der Waals surface area contributed by atoms with Crippen molar-refractivity contribution in [3.63, 3.8) is 0 Å². The first kappa shape index (κ1) is 21.6. The molecule has 2 aromatic heterocycles. The van der Waals surface area contributed by atoms with E-state index in [0.717, 1.165) is 10.5 Å². The number of pyridine rings is 1. The van der Waals surface area contributed by atoms with Gasteiger partial charge in [-0.3, -0.25) is 14.0 Å². The summed E-state index contributed by atoms with van der Waals surface area (Å²) >= 11 is 5.79. The quantitative estimate of drug-likeness (QED) is 0.592. The van der Waals surface area contributed by atoms with E-state index in [4.69, 9.17) is 11.6 Å². The lowest BCUT2D eigenvalue weighted by Gasteiger charge is -2.09. The van der Waals surface area contributed by atoms with Crippen LogP contribution in [0.1, 0.15) is 28.2 Å². The van der Waals surface area contributed by atoms with Gasteiger partial charge < -0.3 is 10.6 Å². The highest BCUT2D eigenvalue weighted by Gasteiger charge is 2.35. The van der Waals surface area contributed by atoms with E-state index >= 15 is 0 Å². The van der Waals surface area contributed by atoms with E-state index in [1.54, 1.807) is 30.3 Å². The fourth-order valence-electron chi connectivity index (χ4n) is 2.77. The van der Waals surface area contributed by atoms with Gasteiger partial charge in [-0.05, 0) is 18.2 Å². The molecule has 7 nitrogen and oxygen atoms in total. The van der Waals surface area contributed by atoms with E-state index < -0.39 is 11.7 Å². The SMILES string of the molecule is O=C(CCNC(=O)c1ccccc1)NCCc1nnc2c(C(F)(F)F)cc(Cl)cn12. The zero-order valence-corrected chi connectivity index (χ0v) is 16.3. The summed E-state index contributed by atoms with van der Waals surface area (Å²) in [5.41, 5.74) is -0.836. The molecule has 30 heavy (non-hydrogen) atoms. The van der Waals surface area contributed by atoms with E-state index in [9.17, 15) is 22.8 Å². The number of nitrogens with zero attached hydrogens (tertiary/aromatic N) is 3. The molecule has 0 aliphatic heterocycles. The summed E-state index contributed by atoms with van der Waals surface area (Å²) in [6, 6.07) is 9.38. The molecule has 2 N–H and O–H groups in total. The molecule has 0 unspecified atom stereocenters. The lowest BCUT2D eigenvalue weighted by Crippen LogP contribution is -2.31. The maximum atomic E-state index is 13.1. The molecule has 0 aliphatic rings. The van der Waals surface area contributed by atoms with Crippen LogP contribution < -0.4 is 10.6 Å². The Bertz CT molecular complexity index is 1050. The van der Waals surface area contributed by atoms with Crippen LogP contribution in [0.25, 0.3) is 5.65 Å². The number of alkyl halides is 3. The zero-order valence-electron chi connectivity index (χ0n) is 15.5. The van der Waals surface area contributed by atoms with Crippen molar-refractivity contribution in [3.8, 4) is 0 Å². The number of nitrogens with one attached hydrogen (secondary N) is 2. The third-order valence-electron chi connectivity index (χ3n) is 4.19. The average molecular weight is 440 g/mol. The van der Waals surface area contributed by atoms with E-state index in [-0.39, 0.29) is 54.2 Å². The van der Waals surface area contributed by atoms with Gasteiger partial charge in [0.25, 0.3) is 5.91 Å². The van der Waals surface area contributed by atoms with Gasteiger partial charge in [0.2, 0.25) is 5.91 Å². The van der Waals surface area contributed by atoms with Gasteiger partial charge in [0.05, 0.1) is 5.02 Å². The first-order valence-electron chi connectivity index (χ1n) is 8.96. The molecule has 3 rings (SSSR count). The van der Waals surface area contributed by atoms with Gasteiger partial charge in [0.1, 0.15) is 11.4 Å². The first-order chi connectivity index (χ1) is 14.3. The predicted octanol–water partition coefficient (Wildman–Crippen LogP) is 2.88. The fourth-order valence-corrected chi connectivity index (χ4v) is 2.98. The van der Waals surface area contributed by atoms with Gasteiger partial charge in [0.15, 0.2) is 5.65 Å². The maximum absolute atomic E-state index is 13.1. The summed E-state index contributed by atoms with van der Waals surface area (Å²) < 4.78 is 40.5. The highest BCUT2D eigenvalue weighted by atomic mass is 35.5. The molecule has 0 spiro atoms. The van der Waals surface area contributed by atoms with Crippen LogP contribution in [0, 0.1) is 0 Å². The minimum atomic E-state index is -4.62. The Kier molecular flexibility index (Phi) is 6.56. The van der Waals surface area contributed by atoms with Crippen LogP contribution in [0.4, 0.5) is 13.2 Å². The van der Waals surface area contributed by atoms with Crippen LogP contribution in [-0.2, 0) is 17.4 Å². The number of aromatic nitrogens is 3. The van der Waals surface area contributed by atoms with Crippen molar-refractivity contribution in [2.24, 2.45) is 0 Å². The van der Waals surface area contributed by atoms with Crippen molar-refractivity contribution >= 4 is 29.1 Å². The summed E-state index contributed by atoms with van der Waals surface area (Å²) in [4.78, 5) is 23.8. The van der Waals surface area contributed by atoms with Crippen LogP contribution in [0.3, 0.4) is 0 Å².